The van der Waals surface area contributed by atoms with E-state index in [1.165, 1.54) is 0 Å². The molecule has 0 atom stereocenters. The molecule has 0 fully saturated rings. The summed E-state index contributed by atoms with van der Waals surface area (Å²) in [5.41, 5.74) is 1.05. The summed E-state index contributed by atoms with van der Waals surface area (Å²) >= 11 is 1.74. The second-order valence-electron chi connectivity index (χ2n) is 4.18. The Labute approximate surface area is 112 Å². The van der Waals surface area contributed by atoms with Crippen molar-refractivity contribution in [2.45, 2.75) is 31.2 Å². The standard InChI is InChI=1S/C13H19N3OS/c1-4-14-8-11-5-6-12(17-11)9-18-13-7-10(2)15-16(13)3/h5-7,14H,4,8-9H2,1-3H3. The van der Waals surface area contributed by atoms with E-state index in [-0.39, 0.29) is 0 Å². The van der Waals surface area contributed by atoms with Crippen LogP contribution in [-0.2, 0) is 19.3 Å². The van der Waals surface area contributed by atoms with Gasteiger partial charge in [0.1, 0.15) is 11.5 Å². The number of aromatic nitrogens is 2. The Balaban J connectivity index is 1.90. The third-order valence-corrected chi connectivity index (χ3v) is 3.69. The van der Waals surface area contributed by atoms with Gasteiger partial charge in [-0.1, -0.05) is 18.7 Å². The molecule has 0 aliphatic carbocycles. The first-order valence-corrected chi connectivity index (χ1v) is 7.09. The van der Waals surface area contributed by atoms with Gasteiger partial charge in [0.25, 0.3) is 0 Å². The van der Waals surface area contributed by atoms with Crippen molar-refractivity contribution in [1.29, 1.82) is 0 Å². The first kappa shape index (κ1) is 13.2. The fraction of sp³-hybridized carbons (Fsp3) is 0.462. The Bertz CT molecular complexity index is 504. The number of rotatable bonds is 6. The molecule has 18 heavy (non-hydrogen) atoms. The summed E-state index contributed by atoms with van der Waals surface area (Å²) in [6.45, 7) is 5.85. The highest BCUT2D eigenvalue weighted by Crippen LogP contribution is 2.23. The van der Waals surface area contributed by atoms with Gasteiger partial charge in [-0.25, -0.2) is 0 Å². The van der Waals surface area contributed by atoms with E-state index < -0.39 is 0 Å². The van der Waals surface area contributed by atoms with E-state index in [2.05, 4.69) is 23.4 Å². The zero-order valence-electron chi connectivity index (χ0n) is 11.1. The maximum atomic E-state index is 5.74. The van der Waals surface area contributed by atoms with Crippen LogP contribution in [0.25, 0.3) is 0 Å². The quantitative estimate of drug-likeness (QED) is 0.816. The molecule has 0 unspecified atom stereocenters. The van der Waals surface area contributed by atoms with Crippen molar-refractivity contribution in [3.63, 3.8) is 0 Å². The Morgan fingerprint density at radius 3 is 2.83 bits per heavy atom. The maximum Gasteiger partial charge on any atom is 0.117 e. The number of aryl methyl sites for hydroxylation is 2. The normalized spacial score (nSPS) is 11.1. The minimum Gasteiger partial charge on any atom is -0.464 e. The zero-order valence-corrected chi connectivity index (χ0v) is 11.9. The third-order valence-electron chi connectivity index (χ3n) is 2.59. The van der Waals surface area contributed by atoms with Crippen LogP contribution in [0.1, 0.15) is 24.1 Å². The van der Waals surface area contributed by atoms with E-state index in [1.807, 2.05) is 30.8 Å². The van der Waals surface area contributed by atoms with E-state index in [1.54, 1.807) is 11.8 Å². The number of furan rings is 1. The van der Waals surface area contributed by atoms with Crippen LogP contribution in [0.15, 0.2) is 27.6 Å². The van der Waals surface area contributed by atoms with E-state index in [0.29, 0.717) is 0 Å². The van der Waals surface area contributed by atoms with E-state index in [4.69, 9.17) is 4.42 Å². The lowest BCUT2D eigenvalue weighted by molar-refractivity contribution is 0.462. The van der Waals surface area contributed by atoms with Crippen LogP contribution in [-0.4, -0.2) is 16.3 Å². The van der Waals surface area contributed by atoms with Crippen molar-refractivity contribution < 1.29 is 4.42 Å². The number of hydrogen-bond donors (Lipinski definition) is 1. The molecular formula is C13H19N3OS. The van der Waals surface area contributed by atoms with Gasteiger partial charge in [-0.05, 0) is 31.7 Å². The Morgan fingerprint density at radius 1 is 1.39 bits per heavy atom. The summed E-state index contributed by atoms with van der Waals surface area (Å²) in [5, 5.41) is 8.74. The van der Waals surface area contributed by atoms with Gasteiger partial charge in [-0.2, -0.15) is 5.10 Å². The lowest BCUT2D eigenvalue weighted by atomic mass is 10.4. The molecule has 0 aliphatic heterocycles. The number of hydrogen-bond acceptors (Lipinski definition) is 4. The van der Waals surface area contributed by atoms with E-state index in [9.17, 15) is 0 Å². The average Bonchev–Trinajstić information content (AvgIpc) is 2.91. The predicted octanol–water partition coefficient (Wildman–Crippen LogP) is 2.72. The fourth-order valence-electron chi connectivity index (χ4n) is 1.71. The van der Waals surface area contributed by atoms with Crippen LogP contribution < -0.4 is 5.32 Å². The van der Waals surface area contributed by atoms with Gasteiger partial charge in [-0.3, -0.25) is 4.68 Å². The number of nitrogens with zero attached hydrogens (tertiary/aromatic N) is 2. The predicted molar refractivity (Wildman–Crippen MR) is 73.6 cm³/mol. The van der Waals surface area contributed by atoms with Gasteiger partial charge in [0.05, 0.1) is 23.0 Å². The molecule has 0 aromatic carbocycles. The van der Waals surface area contributed by atoms with Gasteiger partial charge in [0.2, 0.25) is 0 Å². The van der Waals surface area contributed by atoms with Gasteiger partial charge < -0.3 is 9.73 Å². The van der Waals surface area contributed by atoms with Gasteiger partial charge in [-0.15, -0.1) is 0 Å². The van der Waals surface area contributed by atoms with Gasteiger partial charge in [0.15, 0.2) is 0 Å². The molecule has 2 rings (SSSR count). The fourth-order valence-corrected chi connectivity index (χ4v) is 2.64. The topological polar surface area (TPSA) is 43.0 Å². The van der Waals surface area contributed by atoms with Crippen LogP contribution in [0.5, 0.6) is 0 Å². The van der Waals surface area contributed by atoms with Crippen molar-refractivity contribution in [1.82, 2.24) is 15.1 Å². The summed E-state index contributed by atoms with van der Waals surface area (Å²) in [4.78, 5) is 0. The first-order valence-electron chi connectivity index (χ1n) is 6.10. The van der Waals surface area contributed by atoms with Crippen molar-refractivity contribution in [2.75, 3.05) is 6.54 Å². The molecule has 2 aromatic rings. The first-order chi connectivity index (χ1) is 8.69. The third kappa shape index (κ3) is 3.40. The highest BCUT2D eigenvalue weighted by Gasteiger charge is 2.06. The molecule has 0 saturated carbocycles. The molecular weight excluding hydrogens is 246 g/mol. The van der Waals surface area contributed by atoms with Crippen LogP contribution in [0.2, 0.25) is 0 Å². The molecule has 0 amide bonds. The Kier molecular flexibility index (Phi) is 4.49. The van der Waals surface area contributed by atoms with Crippen molar-refractivity contribution >= 4 is 11.8 Å². The molecule has 0 saturated heterocycles. The summed E-state index contributed by atoms with van der Waals surface area (Å²) < 4.78 is 7.65. The van der Waals surface area contributed by atoms with Crippen LogP contribution >= 0.6 is 11.8 Å². The SMILES string of the molecule is CCNCc1ccc(CSc2cc(C)nn2C)o1. The molecule has 0 bridgehead atoms. The van der Waals surface area contributed by atoms with Gasteiger partial charge in [0, 0.05) is 7.05 Å². The maximum absolute atomic E-state index is 5.74. The summed E-state index contributed by atoms with van der Waals surface area (Å²) in [6.07, 6.45) is 0. The summed E-state index contributed by atoms with van der Waals surface area (Å²) in [6, 6.07) is 6.17. The molecule has 4 nitrogen and oxygen atoms in total. The molecule has 0 radical (unpaired) electrons. The van der Waals surface area contributed by atoms with Crippen LogP contribution in [0.3, 0.4) is 0 Å². The van der Waals surface area contributed by atoms with Crippen molar-refractivity contribution in [2.24, 2.45) is 7.05 Å². The summed E-state index contributed by atoms with van der Waals surface area (Å²) in [7, 11) is 1.97. The van der Waals surface area contributed by atoms with Crippen molar-refractivity contribution in [3.05, 3.63) is 35.4 Å². The minimum atomic E-state index is 0.798. The lowest BCUT2D eigenvalue weighted by Crippen LogP contribution is -2.10. The van der Waals surface area contributed by atoms with E-state index in [0.717, 1.165) is 41.1 Å². The average molecular weight is 265 g/mol. The van der Waals surface area contributed by atoms with Crippen LogP contribution in [0, 0.1) is 6.92 Å². The van der Waals surface area contributed by atoms with Crippen molar-refractivity contribution in [3.8, 4) is 0 Å². The molecule has 2 aromatic heterocycles. The Hall–Kier alpha value is -1.20. The molecule has 2 heterocycles. The number of nitrogens with one attached hydrogen (secondary N) is 1. The lowest BCUT2D eigenvalue weighted by Gasteiger charge is -2.00. The zero-order chi connectivity index (χ0) is 13.0. The molecule has 5 heteroatoms. The largest absolute Gasteiger partial charge is 0.464 e. The Morgan fingerprint density at radius 2 is 2.17 bits per heavy atom. The molecule has 1 N–H and O–H groups in total. The minimum absolute atomic E-state index is 0.798. The highest BCUT2D eigenvalue weighted by atomic mass is 32.2. The second kappa shape index (κ2) is 6.11. The molecule has 0 spiro atoms. The number of thioether (sulfide) groups is 1. The van der Waals surface area contributed by atoms with E-state index >= 15 is 0 Å². The van der Waals surface area contributed by atoms with Gasteiger partial charge >= 0.3 is 0 Å². The molecule has 0 aliphatic rings. The summed E-state index contributed by atoms with van der Waals surface area (Å²) in [5.74, 6) is 2.84. The smallest absolute Gasteiger partial charge is 0.117 e. The highest BCUT2D eigenvalue weighted by molar-refractivity contribution is 7.98. The molecule has 98 valence electrons. The monoisotopic (exact) mass is 265 g/mol. The second-order valence-corrected chi connectivity index (χ2v) is 5.18. The van der Waals surface area contributed by atoms with Crippen LogP contribution in [0.4, 0.5) is 0 Å².